The van der Waals surface area contributed by atoms with E-state index in [1.807, 2.05) is 47.4 Å². The number of nitrogens with two attached hydrogens (primary N) is 1. The number of benzene rings is 1. The highest BCUT2D eigenvalue weighted by Gasteiger charge is 2.11. The lowest BCUT2D eigenvalue weighted by molar-refractivity contribution is 0.385. The first-order valence-electron chi connectivity index (χ1n) is 6.89. The van der Waals surface area contributed by atoms with Crippen LogP contribution in [-0.4, -0.2) is 48.4 Å². The van der Waals surface area contributed by atoms with Crippen molar-refractivity contribution in [3.8, 4) is 5.69 Å². The van der Waals surface area contributed by atoms with Crippen molar-refractivity contribution in [2.75, 3.05) is 33.7 Å². The number of aromatic nitrogens is 2. The summed E-state index contributed by atoms with van der Waals surface area (Å²) in [7, 11) is 4.12. The Balaban J connectivity index is 2.02. The van der Waals surface area contributed by atoms with E-state index in [1.54, 1.807) is 0 Å². The molecule has 0 aliphatic rings. The Hall–Kier alpha value is -1.69. The number of nitrogens with zero attached hydrogens (tertiary/aromatic N) is 3. The van der Waals surface area contributed by atoms with Crippen molar-refractivity contribution in [1.82, 2.24) is 20.0 Å². The van der Waals surface area contributed by atoms with Gasteiger partial charge in [0, 0.05) is 37.4 Å². The zero-order chi connectivity index (χ0) is 14.4. The molecule has 5 nitrogen and oxygen atoms in total. The lowest BCUT2D eigenvalue weighted by Gasteiger charge is -2.17. The summed E-state index contributed by atoms with van der Waals surface area (Å²) >= 11 is 0. The second-order valence-electron chi connectivity index (χ2n) is 5.10. The van der Waals surface area contributed by atoms with Crippen molar-refractivity contribution in [1.29, 1.82) is 0 Å². The highest BCUT2D eigenvalue weighted by atomic mass is 15.3. The quantitative estimate of drug-likeness (QED) is 0.791. The van der Waals surface area contributed by atoms with Gasteiger partial charge in [0.05, 0.1) is 11.9 Å². The molecule has 0 fully saturated rings. The molecule has 0 saturated heterocycles. The molecule has 0 aliphatic heterocycles. The van der Waals surface area contributed by atoms with Crippen LogP contribution in [0, 0.1) is 0 Å². The van der Waals surface area contributed by atoms with Gasteiger partial charge >= 0.3 is 0 Å². The Bertz CT molecular complexity index is 506. The molecule has 20 heavy (non-hydrogen) atoms. The molecular formula is C15H23N5. The fraction of sp³-hybridized carbons (Fsp3) is 0.400. The van der Waals surface area contributed by atoms with E-state index in [-0.39, 0.29) is 6.04 Å². The molecule has 0 bridgehead atoms. The molecule has 1 aromatic heterocycles. The molecule has 0 spiro atoms. The van der Waals surface area contributed by atoms with Gasteiger partial charge in [-0.3, -0.25) is 0 Å². The molecule has 1 aromatic carbocycles. The minimum atomic E-state index is 0.146. The van der Waals surface area contributed by atoms with E-state index in [9.17, 15) is 0 Å². The first kappa shape index (κ1) is 14.7. The van der Waals surface area contributed by atoms with Gasteiger partial charge in [0.25, 0.3) is 0 Å². The third-order valence-corrected chi connectivity index (χ3v) is 3.21. The first-order valence-corrected chi connectivity index (χ1v) is 6.89. The predicted molar refractivity (Wildman–Crippen MR) is 81.9 cm³/mol. The summed E-state index contributed by atoms with van der Waals surface area (Å²) < 4.78 is 1.88. The van der Waals surface area contributed by atoms with Crippen molar-refractivity contribution >= 4 is 0 Å². The number of hydrogen-bond donors (Lipinski definition) is 2. The molecule has 1 unspecified atom stereocenters. The summed E-state index contributed by atoms with van der Waals surface area (Å²) in [6.07, 6.45) is 3.92. The molecular weight excluding hydrogens is 250 g/mol. The van der Waals surface area contributed by atoms with Gasteiger partial charge in [-0.2, -0.15) is 5.10 Å². The Morgan fingerprint density at radius 3 is 2.70 bits per heavy atom. The standard InChI is InChI=1S/C15H23N5/c1-19(2)9-8-17-15(10-16)13-11-18-20(12-13)14-6-4-3-5-7-14/h3-7,11-12,15,17H,8-10,16H2,1-2H3. The minimum Gasteiger partial charge on any atom is -0.329 e. The SMILES string of the molecule is CN(C)CCNC(CN)c1cnn(-c2ccccc2)c1. The maximum absolute atomic E-state index is 5.86. The van der Waals surface area contributed by atoms with Gasteiger partial charge in [-0.1, -0.05) is 18.2 Å². The van der Waals surface area contributed by atoms with Crippen molar-refractivity contribution in [2.45, 2.75) is 6.04 Å². The zero-order valence-corrected chi connectivity index (χ0v) is 12.2. The molecule has 2 aromatic rings. The summed E-state index contributed by atoms with van der Waals surface area (Å²) in [6, 6.07) is 10.2. The van der Waals surface area contributed by atoms with Crippen LogP contribution in [0.3, 0.4) is 0 Å². The summed E-state index contributed by atoms with van der Waals surface area (Å²) in [6.45, 7) is 2.46. The van der Waals surface area contributed by atoms with Crippen molar-refractivity contribution in [2.24, 2.45) is 5.73 Å². The number of hydrogen-bond acceptors (Lipinski definition) is 4. The normalized spacial score (nSPS) is 12.8. The predicted octanol–water partition coefficient (Wildman–Crippen LogP) is 1.02. The topological polar surface area (TPSA) is 59.1 Å². The monoisotopic (exact) mass is 273 g/mol. The fourth-order valence-corrected chi connectivity index (χ4v) is 2.04. The average molecular weight is 273 g/mol. The molecule has 0 radical (unpaired) electrons. The van der Waals surface area contributed by atoms with Crippen LogP contribution < -0.4 is 11.1 Å². The van der Waals surface area contributed by atoms with Crippen LogP contribution in [-0.2, 0) is 0 Å². The molecule has 0 saturated carbocycles. The molecule has 3 N–H and O–H groups in total. The van der Waals surface area contributed by atoms with E-state index in [4.69, 9.17) is 5.73 Å². The maximum Gasteiger partial charge on any atom is 0.0645 e. The van der Waals surface area contributed by atoms with Crippen LogP contribution in [0.15, 0.2) is 42.7 Å². The number of rotatable bonds is 7. The Labute approximate surface area is 120 Å². The number of nitrogens with one attached hydrogen (secondary N) is 1. The van der Waals surface area contributed by atoms with Crippen molar-refractivity contribution < 1.29 is 0 Å². The average Bonchev–Trinajstić information content (AvgIpc) is 2.94. The van der Waals surface area contributed by atoms with Crippen LogP contribution in [0.25, 0.3) is 5.69 Å². The van der Waals surface area contributed by atoms with E-state index < -0.39 is 0 Å². The maximum atomic E-state index is 5.86. The van der Waals surface area contributed by atoms with Gasteiger partial charge in [0.2, 0.25) is 0 Å². The van der Waals surface area contributed by atoms with Gasteiger partial charge in [-0.15, -0.1) is 0 Å². The number of para-hydroxylation sites is 1. The Morgan fingerprint density at radius 1 is 1.30 bits per heavy atom. The van der Waals surface area contributed by atoms with Crippen LogP contribution >= 0.6 is 0 Å². The fourth-order valence-electron chi connectivity index (χ4n) is 2.04. The molecule has 0 amide bonds. The van der Waals surface area contributed by atoms with E-state index in [0.717, 1.165) is 24.3 Å². The van der Waals surface area contributed by atoms with Gasteiger partial charge in [0.1, 0.15) is 0 Å². The van der Waals surface area contributed by atoms with Gasteiger partial charge in [-0.25, -0.2) is 4.68 Å². The van der Waals surface area contributed by atoms with Crippen LogP contribution in [0.5, 0.6) is 0 Å². The number of likely N-dealkylation sites (N-methyl/N-ethyl adjacent to an activating group) is 1. The van der Waals surface area contributed by atoms with Gasteiger partial charge in [-0.05, 0) is 26.2 Å². The second-order valence-corrected chi connectivity index (χ2v) is 5.10. The Kier molecular flexibility index (Phi) is 5.29. The van der Waals surface area contributed by atoms with Gasteiger partial charge < -0.3 is 16.0 Å². The summed E-state index contributed by atoms with van der Waals surface area (Å²) in [5.74, 6) is 0. The van der Waals surface area contributed by atoms with E-state index in [1.165, 1.54) is 0 Å². The molecule has 108 valence electrons. The van der Waals surface area contributed by atoms with Crippen molar-refractivity contribution in [3.63, 3.8) is 0 Å². The summed E-state index contributed by atoms with van der Waals surface area (Å²) in [5.41, 5.74) is 8.04. The molecule has 2 rings (SSSR count). The summed E-state index contributed by atoms with van der Waals surface area (Å²) in [5, 5.41) is 7.87. The lowest BCUT2D eigenvalue weighted by Crippen LogP contribution is -2.33. The van der Waals surface area contributed by atoms with Crippen molar-refractivity contribution in [3.05, 3.63) is 48.3 Å². The van der Waals surface area contributed by atoms with E-state index >= 15 is 0 Å². The minimum absolute atomic E-state index is 0.146. The Morgan fingerprint density at radius 2 is 2.05 bits per heavy atom. The largest absolute Gasteiger partial charge is 0.329 e. The van der Waals surface area contributed by atoms with Crippen LogP contribution in [0.4, 0.5) is 0 Å². The second kappa shape index (κ2) is 7.19. The van der Waals surface area contributed by atoms with Crippen LogP contribution in [0.2, 0.25) is 0 Å². The molecule has 1 heterocycles. The zero-order valence-electron chi connectivity index (χ0n) is 12.2. The van der Waals surface area contributed by atoms with Gasteiger partial charge in [0.15, 0.2) is 0 Å². The highest BCUT2D eigenvalue weighted by molar-refractivity contribution is 5.31. The van der Waals surface area contributed by atoms with Crippen LogP contribution in [0.1, 0.15) is 11.6 Å². The first-order chi connectivity index (χ1) is 9.70. The molecule has 0 aliphatic carbocycles. The third kappa shape index (κ3) is 3.90. The molecule has 5 heteroatoms. The van der Waals surface area contributed by atoms with E-state index in [0.29, 0.717) is 6.54 Å². The lowest BCUT2D eigenvalue weighted by atomic mass is 10.1. The summed E-state index contributed by atoms with van der Waals surface area (Å²) in [4.78, 5) is 2.15. The smallest absolute Gasteiger partial charge is 0.0645 e. The third-order valence-electron chi connectivity index (χ3n) is 3.21. The van der Waals surface area contributed by atoms with E-state index in [2.05, 4.69) is 29.4 Å². The highest BCUT2D eigenvalue weighted by Crippen LogP contribution is 2.13. The molecule has 1 atom stereocenters.